The van der Waals surface area contributed by atoms with E-state index in [1.54, 1.807) is 6.08 Å². The zero-order chi connectivity index (χ0) is 73.7. The average Bonchev–Trinajstić information content (AvgIpc) is 0.790. The molecule has 600 valence electrons. The van der Waals surface area contributed by atoms with Gasteiger partial charge in [-0.3, -0.25) is 4.79 Å². The van der Waals surface area contributed by atoms with Gasteiger partial charge in [-0.15, -0.1) is 0 Å². The van der Waals surface area contributed by atoms with E-state index >= 15 is 0 Å². The molecule has 0 radical (unpaired) electrons. The highest BCUT2D eigenvalue weighted by molar-refractivity contribution is 5.76. The minimum Gasteiger partial charge on any atom is -0.394 e. The lowest BCUT2D eigenvalue weighted by Crippen LogP contribution is -2.65. The number of carbonyl (C=O) groups excluding carboxylic acids is 1. The zero-order valence-corrected chi connectivity index (χ0v) is 66.1. The van der Waals surface area contributed by atoms with Crippen molar-refractivity contribution in [2.24, 2.45) is 0 Å². The van der Waals surface area contributed by atoms with Crippen LogP contribution in [0.5, 0.6) is 0 Å². The highest BCUT2D eigenvalue weighted by Gasteiger charge is 2.51. The number of nitrogens with one attached hydrogen (secondary N) is 1. The SMILES string of the molecule is CCCCCCC/C=C\C/C=C\C/C=C\CCCCCCCCCCCCCCCCCCCCCCCCCCCCC(=O)NC(COC1OC(CO)C(OC2OC(CO)C(O)C(O)C2O)C(O)C1O)C(O)/C=C/CCCCCCCCCCCCCCCCCCCCCCCCCCC. The van der Waals surface area contributed by atoms with Crippen LogP contribution in [-0.2, 0) is 23.7 Å². The molecular weight excluding hydrogens is 1280 g/mol. The molecule has 9 N–H and O–H groups in total. The first-order chi connectivity index (χ1) is 50.1. The largest absolute Gasteiger partial charge is 0.394 e. The maximum Gasteiger partial charge on any atom is 0.220 e. The summed E-state index contributed by atoms with van der Waals surface area (Å²) >= 11 is 0. The molecule has 0 aromatic rings. The Hall–Kier alpha value is -2.05. The molecule has 0 aromatic carbocycles. The van der Waals surface area contributed by atoms with Crippen molar-refractivity contribution in [1.82, 2.24) is 5.32 Å². The molecule has 0 bridgehead atoms. The Labute approximate surface area is 626 Å². The molecular formula is C88H165NO13. The molecule has 0 aliphatic carbocycles. The van der Waals surface area contributed by atoms with E-state index in [1.165, 1.54) is 334 Å². The monoisotopic (exact) mass is 1440 g/mol. The molecule has 102 heavy (non-hydrogen) atoms. The van der Waals surface area contributed by atoms with Gasteiger partial charge < -0.3 is 65.1 Å². The third kappa shape index (κ3) is 53.7. The quantitative estimate of drug-likeness (QED) is 0.0204. The number of rotatable bonds is 75. The van der Waals surface area contributed by atoms with Crippen molar-refractivity contribution >= 4 is 5.91 Å². The van der Waals surface area contributed by atoms with Crippen LogP contribution in [0.4, 0.5) is 0 Å². The summed E-state index contributed by atoms with van der Waals surface area (Å²) in [6, 6.07) is -0.915. The smallest absolute Gasteiger partial charge is 0.220 e. The second-order valence-electron chi connectivity index (χ2n) is 31.0. The summed E-state index contributed by atoms with van der Waals surface area (Å²) in [4.78, 5) is 13.4. The van der Waals surface area contributed by atoms with Crippen LogP contribution in [0.3, 0.4) is 0 Å². The Morgan fingerprint density at radius 3 is 0.990 bits per heavy atom. The van der Waals surface area contributed by atoms with Gasteiger partial charge in [0.2, 0.25) is 5.91 Å². The van der Waals surface area contributed by atoms with Gasteiger partial charge in [-0.25, -0.2) is 0 Å². The number of aliphatic hydroxyl groups excluding tert-OH is 8. The van der Waals surface area contributed by atoms with E-state index < -0.39 is 86.8 Å². The van der Waals surface area contributed by atoms with Crippen molar-refractivity contribution < 1.29 is 64.6 Å². The molecule has 1 amide bonds. The molecule has 14 nitrogen and oxygen atoms in total. The minimum absolute atomic E-state index is 0.230. The lowest BCUT2D eigenvalue weighted by molar-refractivity contribution is -0.359. The van der Waals surface area contributed by atoms with Gasteiger partial charge in [0.15, 0.2) is 12.6 Å². The maximum atomic E-state index is 13.4. The van der Waals surface area contributed by atoms with E-state index in [2.05, 4.69) is 55.6 Å². The molecule has 2 saturated heterocycles. The number of aliphatic hydroxyl groups is 8. The van der Waals surface area contributed by atoms with Gasteiger partial charge in [0.1, 0.15) is 48.8 Å². The number of ether oxygens (including phenoxy) is 4. The molecule has 12 unspecified atom stereocenters. The van der Waals surface area contributed by atoms with Gasteiger partial charge in [0.05, 0.1) is 32.0 Å². The third-order valence-corrected chi connectivity index (χ3v) is 21.5. The Morgan fingerprint density at radius 2 is 0.647 bits per heavy atom. The Kier molecular flexibility index (Phi) is 67.6. The second kappa shape index (κ2) is 71.8. The molecule has 2 aliphatic rings. The summed E-state index contributed by atoms with van der Waals surface area (Å²) in [6.07, 6.45) is 80.8. The average molecular weight is 1450 g/mol. The Balaban J connectivity index is 1.55. The summed E-state index contributed by atoms with van der Waals surface area (Å²) in [6.45, 7) is 2.86. The second-order valence-corrected chi connectivity index (χ2v) is 31.0. The first-order valence-electron chi connectivity index (χ1n) is 43.9. The van der Waals surface area contributed by atoms with Crippen LogP contribution in [0.1, 0.15) is 412 Å². The molecule has 12 atom stereocenters. The van der Waals surface area contributed by atoms with Crippen molar-refractivity contribution in [3.8, 4) is 0 Å². The van der Waals surface area contributed by atoms with Crippen molar-refractivity contribution in [3.63, 3.8) is 0 Å². The molecule has 2 fully saturated rings. The van der Waals surface area contributed by atoms with Gasteiger partial charge >= 0.3 is 0 Å². The molecule has 2 heterocycles. The maximum absolute atomic E-state index is 13.4. The van der Waals surface area contributed by atoms with Crippen molar-refractivity contribution in [2.75, 3.05) is 19.8 Å². The fourth-order valence-corrected chi connectivity index (χ4v) is 14.6. The first kappa shape index (κ1) is 96.0. The predicted molar refractivity (Wildman–Crippen MR) is 424 cm³/mol. The molecule has 0 saturated carbocycles. The summed E-state index contributed by atoms with van der Waals surface area (Å²) in [5.41, 5.74) is 0. The van der Waals surface area contributed by atoms with E-state index in [-0.39, 0.29) is 18.9 Å². The highest BCUT2D eigenvalue weighted by atomic mass is 16.7. The first-order valence-corrected chi connectivity index (χ1v) is 43.9. The fraction of sp³-hybridized carbons (Fsp3) is 0.898. The van der Waals surface area contributed by atoms with Crippen molar-refractivity contribution in [3.05, 3.63) is 48.6 Å². The van der Waals surface area contributed by atoms with Gasteiger partial charge in [0.25, 0.3) is 0 Å². The van der Waals surface area contributed by atoms with E-state index in [4.69, 9.17) is 18.9 Å². The van der Waals surface area contributed by atoms with Crippen molar-refractivity contribution in [2.45, 2.75) is 485 Å². The van der Waals surface area contributed by atoms with E-state index in [9.17, 15) is 45.6 Å². The van der Waals surface area contributed by atoms with Crippen molar-refractivity contribution in [1.29, 1.82) is 0 Å². The summed E-state index contributed by atoms with van der Waals surface area (Å²) in [5.74, 6) is -0.230. The topological polar surface area (TPSA) is 228 Å². The molecule has 14 heteroatoms. The van der Waals surface area contributed by atoms with Crippen LogP contribution >= 0.6 is 0 Å². The third-order valence-electron chi connectivity index (χ3n) is 21.5. The molecule has 2 aliphatic heterocycles. The number of carbonyl (C=O) groups is 1. The minimum atomic E-state index is -1.79. The van der Waals surface area contributed by atoms with Gasteiger partial charge in [0, 0.05) is 6.42 Å². The van der Waals surface area contributed by atoms with Crippen LogP contribution in [-0.4, -0.2) is 140 Å². The summed E-state index contributed by atoms with van der Waals surface area (Å²) < 4.78 is 23.0. The fourth-order valence-electron chi connectivity index (χ4n) is 14.6. The summed E-state index contributed by atoms with van der Waals surface area (Å²) in [5, 5.41) is 87.8. The summed E-state index contributed by atoms with van der Waals surface area (Å²) in [7, 11) is 0. The highest BCUT2D eigenvalue weighted by Crippen LogP contribution is 2.31. The number of hydrogen-bond donors (Lipinski definition) is 9. The number of hydrogen-bond acceptors (Lipinski definition) is 13. The Bertz CT molecular complexity index is 1900. The predicted octanol–water partition coefficient (Wildman–Crippen LogP) is 20.9. The van der Waals surface area contributed by atoms with Gasteiger partial charge in [-0.2, -0.15) is 0 Å². The number of unbranched alkanes of at least 4 members (excludes halogenated alkanes) is 56. The standard InChI is InChI=1S/C88H165NO13/c1-3-5-7-9-11-13-15-17-19-21-23-25-27-29-31-32-33-34-35-36-37-38-39-40-41-42-43-44-46-48-50-52-54-56-58-60-62-64-66-68-70-72-80(93)89-76(75-99-87-85(98)83(96)86(79(74-91)101-87)102-88-84(97)82(95)81(94)78(73-90)100-88)77(92)71-69-67-65-63-61-59-57-55-53-51-49-47-45-30-28-26-24-22-20-18-16-14-12-10-8-6-4-2/h15,17,21,23,27,29,69,71,76-79,81-88,90-92,94-98H,3-14,16,18-20,22,24-26,28,30-68,70,72-75H2,1-2H3,(H,89,93)/b17-15-,23-21-,29-27-,71-69+. The van der Waals surface area contributed by atoms with Crippen LogP contribution in [0.15, 0.2) is 48.6 Å². The van der Waals surface area contributed by atoms with Gasteiger partial charge in [-0.1, -0.05) is 396 Å². The van der Waals surface area contributed by atoms with Crippen LogP contribution in [0, 0.1) is 0 Å². The van der Waals surface area contributed by atoms with Crippen LogP contribution in [0.2, 0.25) is 0 Å². The normalized spacial score (nSPS) is 21.8. The molecule has 0 spiro atoms. The number of allylic oxidation sites excluding steroid dienone is 7. The van der Waals surface area contributed by atoms with Crippen LogP contribution in [0.25, 0.3) is 0 Å². The number of amides is 1. The molecule has 2 rings (SSSR count). The van der Waals surface area contributed by atoms with E-state index in [0.29, 0.717) is 6.42 Å². The van der Waals surface area contributed by atoms with E-state index in [1.807, 2.05) is 6.08 Å². The van der Waals surface area contributed by atoms with E-state index in [0.717, 1.165) is 51.4 Å². The Morgan fingerprint density at radius 1 is 0.353 bits per heavy atom. The van der Waals surface area contributed by atoms with Gasteiger partial charge in [-0.05, 0) is 57.8 Å². The lowest BCUT2D eigenvalue weighted by atomic mass is 9.97. The van der Waals surface area contributed by atoms with Crippen LogP contribution < -0.4 is 5.32 Å². The molecule has 0 aromatic heterocycles. The zero-order valence-electron chi connectivity index (χ0n) is 66.1. The lowest BCUT2D eigenvalue weighted by Gasteiger charge is -2.46.